The first kappa shape index (κ1) is 21.8. The first-order valence-corrected chi connectivity index (χ1v) is 10.8. The zero-order valence-corrected chi connectivity index (χ0v) is 18.0. The van der Waals surface area contributed by atoms with E-state index in [0.717, 1.165) is 0 Å². The number of esters is 1. The van der Waals surface area contributed by atoms with Gasteiger partial charge in [0, 0.05) is 5.56 Å². The molecule has 0 bridgehead atoms. The number of halogens is 1. The van der Waals surface area contributed by atoms with Gasteiger partial charge in [-0.15, -0.1) is 0 Å². The average molecular weight is 451 g/mol. The number of sulfonamides is 1. The fraction of sp³-hybridized carbons (Fsp3) is 0.250. The number of amides is 2. The van der Waals surface area contributed by atoms with Crippen molar-refractivity contribution in [1.82, 2.24) is 0 Å². The Hall–Kier alpha value is -2.91. The number of nitrogens with zero attached hydrogens (tertiary/aromatic N) is 1. The molecule has 1 N–H and O–H groups in total. The lowest BCUT2D eigenvalue weighted by atomic mass is 9.95. The van der Waals surface area contributed by atoms with Crippen molar-refractivity contribution in [1.29, 1.82) is 0 Å². The molecule has 2 aromatic carbocycles. The van der Waals surface area contributed by atoms with Gasteiger partial charge in [0.15, 0.2) is 0 Å². The van der Waals surface area contributed by atoms with Crippen LogP contribution >= 0.6 is 11.6 Å². The predicted octanol–water partition coefficient (Wildman–Crippen LogP) is 3.08. The molecule has 3 rings (SSSR count). The minimum absolute atomic E-state index is 0.0103. The highest BCUT2D eigenvalue weighted by molar-refractivity contribution is 7.94. The van der Waals surface area contributed by atoms with E-state index in [4.69, 9.17) is 16.3 Å². The third-order valence-corrected chi connectivity index (χ3v) is 6.92. The van der Waals surface area contributed by atoms with E-state index in [1.54, 1.807) is 12.1 Å². The van der Waals surface area contributed by atoms with Crippen LogP contribution in [-0.2, 0) is 19.6 Å². The molecule has 0 radical (unpaired) electrons. The Bertz CT molecular complexity index is 1160. The lowest BCUT2D eigenvalue weighted by molar-refractivity contribution is -0.123. The van der Waals surface area contributed by atoms with Crippen LogP contribution in [0.25, 0.3) is 0 Å². The number of rotatable bonds is 4. The van der Waals surface area contributed by atoms with Crippen molar-refractivity contribution in [2.45, 2.75) is 13.8 Å². The zero-order valence-electron chi connectivity index (χ0n) is 16.4. The smallest absolute Gasteiger partial charge is 0.339 e. The fourth-order valence-electron chi connectivity index (χ4n) is 3.13. The maximum Gasteiger partial charge on any atom is 0.339 e. The molecule has 158 valence electrons. The second-order valence-corrected chi connectivity index (χ2v) is 9.59. The molecule has 1 aliphatic rings. The Balaban J connectivity index is 1.98. The normalized spacial score (nSPS) is 16.9. The molecule has 0 aromatic heterocycles. The SMILES string of the molecule is COC(=O)c1ccccc1NC(=O)c1ccc(Cl)c(N2C(=O)C(C)(C)CS2(=O)=O)c1. The summed E-state index contributed by atoms with van der Waals surface area (Å²) in [6.45, 7) is 3.06. The molecule has 1 saturated heterocycles. The van der Waals surface area contributed by atoms with E-state index in [9.17, 15) is 22.8 Å². The van der Waals surface area contributed by atoms with E-state index < -0.39 is 33.2 Å². The molecule has 1 heterocycles. The van der Waals surface area contributed by atoms with Crippen LogP contribution in [0, 0.1) is 5.41 Å². The molecule has 0 unspecified atom stereocenters. The van der Waals surface area contributed by atoms with Crippen molar-refractivity contribution < 1.29 is 27.5 Å². The second-order valence-electron chi connectivity index (χ2n) is 7.37. The minimum Gasteiger partial charge on any atom is -0.465 e. The molecule has 0 spiro atoms. The van der Waals surface area contributed by atoms with Crippen molar-refractivity contribution in [2.24, 2.45) is 5.41 Å². The number of hydrogen-bond donors (Lipinski definition) is 1. The van der Waals surface area contributed by atoms with E-state index in [-0.39, 0.29) is 33.3 Å². The number of hydrogen-bond acceptors (Lipinski definition) is 6. The highest BCUT2D eigenvalue weighted by Crippen LogP contribution is 2.39. The van der Waals surface area contributed by atoms with Crippen LogP contribution in [0.3, 0.4) is 0 Å². The Labute approximate surface area is 178 Å². The maximum absolute atomic E-state index is 12.8. The fourth-order valence-corrected chi connectivity index (χ4v) is 5.49. The summed E-state index contributed by atoms with van der Waals surface area (Å²) in [5.74, 6) is -2.23. The number of carbonyl (C=O) groups excluding carboxylic acids is 3. The Morgan fingerprint density at radius 3 is 2.43 bits per heavy atom. The molecule has 0 aliphatic carbocycles. The number of benzene rings is 2. The third kappa shape index (κ3) is 3.90. The summed E-state index contributed by atoms with van der Waals surface area (Å²) in [5.41, 5.74) is -0.777. The largest absolute Gasteiger partial charge is 0.465 e. The molecule has 1 aliphatic heterocycles. The van der Waals surface area contributed by atoms with Gasteiger partial charge >= 0.3 is 5.97 Å². The van der Waals surface area contributed by atoms with Crippen molar-refractivity contribution in [2.75, 3.05) is 22.5 Å². The van der Waals surface area contributed by atoms with Crippen LogP contribution in [0.2, 0.25) is 5.02 Å². The van der Waals surface area contributed by atoms with E-state index in [0.29, 0.717) is 4.31 Å². The summed E-state index contributed by atoms with van der Waals surface area (Å²) in [7, 11) is -2.71. The number of ether oxygens (including phenoxy) is 1. The Kier molecular flexibility index (Phi) is 5.62. The van der Waals surface area contributed by atoms with Crippen molar-refractivity contribution >= 4 is 50.8 Å². The van der Waals surface area contributed by atoms with Gasteiger partial charge < -0.3 is 10.1 Å². The van der Waals surface area contributed by atoms with Gasteiger partial charge in [0.2, 0.25) is 15.9 Å². The van der Waals surface area contributed by atoms with Crippen molar-refractivity contribution in [3.8, 4) is 0 Å². The van der Waals surface area contributed by atoms with Crippen LogP contribution in [0.15, 0.2) is 42.5 Å². The number of methoxy groups -OCH3 is 1. The standard InChI is InChI=1S/C20H19ClN2O6S/c1-20(2)11-30(27,28)23(19(20)26)16-10-12(8-9-14(16)21)17(24)22-15-7-5-4-6-13(15)18(25)29-3/h4-10H,11H2,1-3H3,(H,22,24). The first-order valence-electron chi connectivity index (χ1n) is 8.83. The number of carbonyl (C=O) groups is 3. The van der Waals surface area contributed by atoms with E-state index >= 15 is 0 Å². The van der Waals surface area contributed by atoms with Gasteiger partial charge in [-0.25, -0.2) is 17.5 Å². The Morgan fingerprint density at radius 1 is 1.17 bits per heavy atom. The third-order valence-electron chi connectivity index (χ3n) is 4.59. The first-order chi connectivity index (χ1) is 14.0. The molecule has 0 atom stereocenters. The van der Waals surface area contributed by atoms with Gasteiger partial charge in [-0.05, 0) is 44.2 Å². The summed E-state index contributed by atoms with van der Waals surface area (Å²) in [6, 6.07) is 10.2. The van der Waals surface area contributed by atoms with Crippen LogP contribution in [-0.4, -0.2) is 39.1 Å². The van der Waals surface area contributed by atoms with Gasteiger partial charge in [0.1, 0.15) is 0 Å². The quantitative estimate of drug-likeness (QED) is 0.717. The zero-order chi connectivity index (χ0) is 22.3. The highest BCUT2D eigenvalue weighted by atomic mass is 35.5. The molecule has 0 saturated carbocycles. The summed E-state index contributed by atoms with van der Waals surface area (Å²) >= 11 is 6.16. The Morgan fingerprint density at radius 2 is 1.83 bits per heavy atom. The lowest BCUT2D eigenvalue weighted by Crippen LogP contribution is -2.33. The number of para-hydroxylation sites is 1. The van der Waals surface area contributed by atoms with Gasteiger partial charge in [-0.2, -0.15) is 0 Å². The summed E-state index contributed by atoms with van der Waals surface area (Å²) in [5, 5.41) is 2.60. The topological polar surface area (TPSA) is 110 Å². The lowest BCUT2D eigenvalue weighted by Gasteiger charge is -2.19. The average Bonchev–Trinajstić information content (AvgIpc) is 2.84. The molecule has 10 heteroatoms. The van der Waals surface area contributed by atoms with Gasteiger partial charge in [-0.3, -0.25) is 9.59 Å². The van der Waals surface area contributed by atoms with Gasteiger partial charge in [0.25, 0.3) is 5.91 Å². The molecule has 2 aromatic rings. The molecular weight excluding hydrogens is 432 g/mol. The number of anilines is 2. The van der Waals surface area contributed by atoms with E-state index in [1.807, 2.05) is 0 Å². The maximum atomic E-state index is 12.8. The molecule has 1 fully saturated rings. The summed E-state index contributed by atoms with van der Waals surface area (Å²) < 4.78 is 30.5. The second kappa shape index (κ2) is 7.73. The molecule has 30 heavy (non-hydrogen) atoms. The monoisotopic (exact) mass is 450 g/mol. The van der Waals surface area contributed by atoms with E-state index in [1.165, 1.54) is 51.3 Å². The van der Waals surface area contributed by atoms with Crippen LogP contribution in [0.5, 0.6) is 0 Å². The predicted molar refractivity (Wildman–Crippen MR) is 112 cm³/mol. The van der Waals surface area contributed by atoms with Crippen molar-refractivity contribution in [3.05, 3.63) is 58.6 Å². The highest BCUT2D eigenvalue weighted by Gasteiger charge is 2.50. The van der Waals surface area contributed by atoms with Gasteiger partial charge in [0.05, 0.1) is 40.2 Å². The van der Waals surface area contributed by atoms with Crippen molar-refractivity contribution in [3.63, 3.8) is 0 Å². The van der Waals surface area contributed by atoms with Crippen LogP contribution < -0.4 is 9.62 Å². The molecule has 2 amide bonds. The van der Waals surface area contributed by atoms with E-state index in [2.05, 4.69) is 5.32 Å². The summed E-state index contributed by atoms with van der Waals surface area (Å²) in [4.78, 5) is 37.3. The number of nitrogens with one attached hydrogen (secondary N) is 1. The molecular formula is C20H19ClN2O6S. The minimum atomic E-state index is -3.94. The van der Waals surface area contributed by atoms with Crippen LogP contribution in [0.4, 0.5) is 11.4 Å². The molecule has 8 nitrogen and oxygen atoms in total. The summed E-state index contributed by atoms with van der Waals surface area (Å²) in [6.07, 6.45) is 0. The van der Waals surface area contributed by atoms with Gasteiger partial charge in [-0.1, -0.05) is 23.7 Å². The van der Waals surface area contributed by atoms with Crippen LogP contribution in [0.1, 0.15) is 34.6 Å².